The zero-order valence-corrected chi connectivity index (χ0v) is 11.9. The predicted molar refractivity (Wildman–Crippen MR) is 76.9 cm³/mol. The summed E-state index contributed by atoms with van der Waals surface area (Å²) in [6.07, 6.45) is 0.691. The van der Waals surface area contributed by atoms with Crippen LogP contribution in [0.5, 0.6) is 0 Å². The molecule has 0 radical (unpaired) electrons. The van der Waals surface area contributed by atoms with E-state index in [-0.39, 0.29) is 6.10 Å². The molecule has 21 heavy (non-hydrogen) atoms. The number of anilines is 2. The Morgan fingerprint density at radius 2 is 2.14 bits per heavy atom. The Balaban J connectivity index is 1.78. The molecular formula is C15H19FN2O3. The highest BCUT2D eigenvalue weighted by atomic mass is 19.1. The number of benzene rings is 1. The number of halogens is 1. The SMILES string of the molecule is CCOC1CCN(c2cc3c(cc2F)C(O)C(=O)N3)CC1. The van der Waals surface area contributed by atoms with Crippen molar-refractivity contribution in [3.05, 3.63) is 23.5 Å². The minimum absolute atomic E-state index is 0.241. The number of piperidine rings is 1. The second-order valence-corrected chi connectivity index (χ2v) is 5.42. The Morgan fingerprint density at radius 3 is 2.81 bits per heavy atom. The number of hydrogen-bond acceptors (Lipinski definition) is 4. The highest BCUT2D eigenvalue weighted by Crippen LogP contribution is 2.36. The number of hydrogen-bond donors (Lipinski definition) is 2. The van der Waals surface area contributed by atoms with Crippen molar-refractivity contribution in [3.8, 4) is 0 Å². The van der Waals surface area contributed by atoms with Crippen LogP contribution in [-0.2, 0) is 9.53 Å². The largest absolute Gasteiger partial charge is 0.378 e. The number of nitrogens with zero attached hydrogens (tertiary/aromatic N) is 1. The van der Waals surface area contributed by atoms with Gasteiger partial charge >= 0.3 is 0 Å². The summed E-state index contributed by atoms with van der Waals surface area (Å²) in [7, 11) is 0. The first kappa shape index (κ1) is 14.3. The van der Waals surface area contributed by atoms with Crippen LogP contribution in [0, 0.1) is 5.82 Å². The standard InChI is InChI=1S/C15H19FN2O3/c1-2-21-9-3-5-18(6-4-9)13-8-12-10(7-11(13)16)14(19)15(20)17-12/h7-9,14,19H,2-6H2,1H3,(H,17,20). The fourth-order valence-electron chi connectivity index (χ4n) is 3.00. The lowest BCUT2D eigenvalue weighted by Gasteiger charge is -2.33. The molecule has 6 heteroatoms. The van der Waals surface area contributed by atoms with E-state index in [0.29, 0.717) is 23.5 Å². The van der Waals surface area contributed by atoms with E-state index in [4.69, 9.17) is 4.74 Å². The lowest BCUT2D eigenvalue weighted by Crippen LogP contribution is -2.37. The molecule has 2 aliphatic heterocycles. The molecule has 0 aromatic heterocycles. The molecule has 1 unspecified atom stereocenters. The number of ether oxygens (including phenoxy) is 1. The van der Waals surface area contributed by atoms with Gasteiger partial charge in [0.1, 0.15) is 5.82 Å². The molecule has 0 saturated carbocycles. The number of nitrogens with one attached hydrogen (secondary N) is 1. The van der Waals surface area contributed by atoms with Crippen molar-refractivity contribution in [3.63, 3.8) is 0 Å². The van der Waals surface area contributed by atoms with E-state index < -0.39 is 17.8 Å². The summed E-state index contributed by atoms with van der Waals surface area (Å²) in [6, 6.07) is 2.86. The summed E-state index contributed by atoms with van der Waals surface area (Å²) >= 11 is 0. The van der Waals surface area contributed by atoms with Gasteiger partial charge in [0.05, 0.1) is 11.8 Å². The van der Waals surface area contributed by atoms with Gasteiger partial charge in [0.2, 0.25) is 0 Å². The molecule has 1 fully saturated rings. The fourth-order valence-corrected chi connectivity index (χ4v) is 3.00. The van der Waals surface area contributed by atoms with Gasteiger partial charge in [0.25, 0.3) is 5.91 Å². The summed E-state index contributed by atoms with van der Waals surface area (Å²) in [5.74, 6) is -0.907. The maximum atomic E-state index is 14.3. The lowest BCUT2D eigenvalue weighted by atomic mass is 10.0. The second-order valence-electron chi connectivity index (χ2n) is 5.42. The molecule has 0 aliphatic carbocycles. The van der Waals surface area contributed by atoms with Gasteiger partial charge in [-0.05, 0) is 31.9 Å². The van der Waals surface area contributed by atoms with Gasteiger partial charge in [-0.25, -0.2) is 4.39 Å². The van der Waals surface area contributed by atoms with Crippen molar-refractivity contribution in [2.75, 3.05) is 29.9 Å². The molecular weight excluding hydrogens is 275 g/mol. The van der Waals surface area contributed by atoms with Crippen LogP contribution >= 0.6 is 0 Å². The molecule has 2 heterocycles. The average molecular weight is 294 g/mol. The van der Waals surface area contributed by atoms with Gasteiger partial charge in [-0.2, -0.15) is 0 Å². The maximum absolute atomic E-state index is 14.3. The van der Waals surface area contributed by atoms with Gasteiger partial charge in [-0.1, -0.05) is 0 Å². The van der Waals surface area contributed by atoms with Gasteiger partial charge < -0.3 is 20.1 Å². The summed E-state index contributed by atoms with van der Waals surface area (Å²) in [5.41, 5.74) is 1.28. The topological polar surface area (TPSA) is 61.8 Å². The van der Waals surface area contributed by atoms with Crippen LogP contribution in [0.1, 0.15) is 31.4 Å². The Kier molecular flexibility index (Phi) is 3.82. The molecule has 114 valence electrons. The number of rotatable bonds is 3. The van der Waals surface area contributed by atoms with Crippen LogP contribution < -0.4 is 10.2 Å². The molecule has 1 saturated heterocycles. The van der Waals surface area contributed by atoms with E-state index in [9.17, 15) is 14.3 Å². The van der Waals surface area contributed by atoms with Gasteiger partial charge in [0, 0.05) is 30.9 Å². The summed E-state index contributed by atoms with van der Waals surface area (Å²) < 4.78 is 19.8. The number of carbonyl (C=O) groups excluding carboxylic acids is 1. The van der Waals surface area contributed by atoms with Crippen LogP contribution in [0.25, 0.3) is 0 Å². The molecule has 2 aliphatic rings. The second kappa shape index (κ2) is 5.61. The van der Waals surface area contributed by atoms with E-state index in [2.05, 4.69) is 5.32 Å². The molecule has 1 aromatic rings. The molecule has 0 bridgehead atoms. The Bertz CT molecular complexity index is 556. The number of aliphatic hydroxyl groups excluding tert-OH is 1. The zero-order chi connectivity index (χ0) is 15.0. The Labute approximate surface area is 122 Å². The van der Waals surface area contributed by atoms with Crippen molar-refractivity contribution >= 4 is 17.3 Å². The van der Waals surface area contributed by atoms with Gasteiger partial charge in [0.15, 0.2) is 6.10 Å². The highest BCUT2D eigenvalue weighted by molar-refractivity contribution is 6.02. The number of amides is 1. The summed E-state index contributed by atoms with van der Waals surface area (Å²) in [6.45, 7) is 4.11. The van der Waals surface area contributed by atoms with E-state index in [1.807, 2.05) is 11.8 Å². The normalized spacial score (nSPS) is 22.3. The lowest BCUT2D eigenvalue weighted by molar-refractivity contribution is -0.123. The van der Waals surface area contributed by atoms with E-state index in [1.165, 1.54) is 6.07 Å². The van der Waals surface area contributed by atoms with Crippen molar-refractivity contribution in [2.45, 2.75) is 32.0 Å². The van der Waals surface area contributed by atoms with Gasteiger partial charge in [-0.3, -0.25) is 4.79 Å². The summed E-state index contributed by atoms with van der Waals surface area (Å²) in [5, 5.41) is 12.2. The molecule has 2 N–H and O–H groups in total. The molecule has 5 nitrogen and oxygen atoms in total. The van der Waals surface area contributed by atoms with Crippen molar-refractivity contribution < 1.29 is 19.0 Å². The third-order valence-electron chi connectivity index (χ3n) is 4.10. The van der Waals surface area contributed by atoms with E-state index in [0.717, 1.165) is 25.9 Å². The summed E-state index contributed by atoms with van der Waals surface area (Å²) in [4.78, 5) is 13.4. The van der Waals surface area contributed by atoms with Crippen LogP contribution in [0.3, 0.4) is 0 Å². The molecule has 1 aromatic carbocycles. The minimum atomic E-state index is -1.27. The van der Waals surface area contributed by atoms with Crippen LogP contribution in [0.2, 0.25) is 0 Å². The monoisotopic (exact) mass is 294 g/mol. The number of fused-ring (bicyclic) bond motifs is 1. The quantitative estimate of drug-likeness (QED) is 0.892. The number of aliphatic hydroxyl groups is 1. The number of carbonyl (C=O) groups is 1. The molecule has 1 atom stereocenters. The predicted octanol–water partition coefficient (Wildman–Crippen LogP) is 1.82. The molecule has 3 rings (SSSR count). The van der Waals surface area contributed by atoms with Crippen molar-refractivity contribution in [1.82, 2.24) is 0 Å². The smallest absolute Gasteiger partial charge is 0.257 e. The average Bonchev–Trinajstić information content (AvgIpc) is 2.75. The fraction of sp³-hybridized carbons (Fsp3) is 0.533. The molecule has 1 amide bonds. The third-order valence-corrected chi connectivity index (χ3v) is 4.10. The zero-order valence-electron chi connectivity index (χ0n) is 11.9. The maximum Gasteiger partial charge on any atom is 0.257 e. The van der Waals surface area contributed by atoms with Crippen LogP contribution in [-0.4, -0.2) is 36.8 Å². The van der Waals surface area contributed by atoms with E-state index in [1.54, 1.807) is 6.07 Å². The first-order valence-electron chi connectivity index (χ1n) is 7.29. The van der Waals surface area contributed by atoms with E-state index >= 15 is 0 Å². The van der Waals surface area contributed by atoms with Crippen LogP contribution in [0.4, 0.5) is 15.8 Å². The van der Waals surface area contributed by atoms with Crippen molar-refractivity contribution in [1.29, 1.82) is 0 Å². The highest BCUT2D eigenvalue weighted by Gasteiger charge is 2.31. The third kappa shape index (κ3) is 2.61. The molecule has 0 spiro atoms. The Hall–Kier alpha value is -1.66. The first-order valence-corrected chi connectivity index (χ1v) is 7.29. The van der Waals surface area contributed by atoms with Crippen LogP contribution in [0.15, 0.2) is 12.1 Å². The first-order chi connectivity index (χ1) is 10.1. The minimum Gasteiger partial charge on any atom is -0.378 e. The Morgan fingerprint density at radius 1 is 1.43 bits per heavy atom. The van der Waals surface area contributed by atoms with Gasteiger partial charge in [-0.15, -0.1) is 0 Å². The van der Waals surface area contributed by atoms with Crippen molar-refractivity contribution in [2.24, 2.45) is 0 Å².